The molecule has 4 rings (SSSR count). The van der Waals surface area contributed by atoms with Gasteiger partial charge in [0.25, 0.3) is 0 Å². The van der Waals surface area contributed by atoms with Crippen LogP contribution in [0.1, 0.15) is 0 Å². The second-order valence-corrected chi connectivity index (χ2v) is 6.04. The number of fused-ring (bicyclic) bond motifs is 1. The number of rotatable bonds is 5. The van der Waals surface area contributed by atoms with Gasteiger partial charge in [-0.1, -0.05) is 6.07 Å². The van der Waals surface area contributed by atoms with Gasteiger partial charge in [-0.05, 0) is 29.8 Å². The van der Waals surface area contributed by atoms with Crippen molar-refractivity contribution in [1.29, 1.82) is 0 Å². The number of hydrogen-bond acceptors (Lipinski definition) is 7. The second kappa shape index (κ2) is 7.23. The highest BCUT2D eigenvalue weighted by atomic mass is 19.2. The minimum atomic E-state index is -1.01. The van der Waals surface area contributed by atoms with Crippen molar-refractivity contribution in [3.8, 4) is 22.6 Å². The van der Waals surface area contributed by atoms with E-state index in [1.165, 1.54) is 13.2 Å². The first kappa shape index (κ1) is 18.4. The molecule has 0 aliphatic carbocycles. The van der Waals surface area contributed by atoms with Gasteiger partial charge < -0.3 is 20.5 Å². The molecule has 0 saturated heterocycles. The number of halogens is 2. The Labute approximate surface area is 163 Å². The maximum atomic E-state index is 14.0. The van der Waals surface area contributed by atoms with Crippen LogP contribution in [0, 0.1) is 11.6 Å². The van der Waals surface area contributed by atoms with Crippen LogP contribution in [-0.2, 0) is 0 Å². The molecule has 0 atom stereocenters. The Hall–Kier alpha value is -3.95. The minimum absolute atomic E-state index is 0.0359. The molecule has 0 bridgehead atoms. The second-order valence-electron chi connectivity index (χ2n) is 6.04. The average Bonchev–Trinajstić information content (AvgIpc) is 3.13. The maximum Gasteiger partial charge on any atom is 0.221 e. The molecule has 2 aromatic heterocycles. The first-order chi connectivity index (χ1) is 14.0. The van der Waals surface area contributed by atoms with Crippen molar-refractivity contribution in [2.75, 3.05) is 25.3 Å². The maximum absolute atomic E-state index is 14.0. The summed E-state index contributed by atoms with van der Waals surface area (Å²) in [7, 11) is 3.07. The Morgan fingerprint density at radius 1 is 1.03 bits per heavy atom. The van der Waals surface area contributed by atoms with Crippen LogP contribution < -0.4 is 20.5 Å². The number of anilines is 3. The van der Waals surface area contributed by atoms with Crippen LogP contribution in [0.5, 0.6) is 11.5 Å². The van der Waals surface area contributed by atoms with Gasteiger partial charge >= 0.3 is 0 Å². The van der Waals surface area contributed by atoms with Crippen LogP contribution in [0.2, 0.25) is 0 Å². The number of aromatic amines is 1. The lowest BCUT2D eigenvalue weighted by Gasteiger charge is -2.13. The summed E-state index contributed by atoms with van der Waals surface area (Å²) in [5.74, 6) is -0.251. The summed E-state index contributed by atoms with van der Waals surface area (Å²) in [6, 6.07) is 7.76. The molecule has 4 aromatic rings. The fourth-order valence-electron chi connectivity index (χ4n) is 2.94. The third kappa shape index (κ3) is 3.24. The Morgan fingerprint density at radius 3 is 2.59 bits per heavy atom. The van der Waals surface area contributed by atoms with Gasteiger partial charge in [0.15, 0.2) is 29.0 Å². The van der Waals surface area contributed by atoms with Gasteiger partial charge in [-0.25, -0.2) is 13.8 Å². The van der Waals surface area contributed by atoms with Crippen LogP contribution in [0.25, 0.3) is 22.0 Å². The number of methoxy groups -OCH3 is 2. The SMILES string of the molecule is COc1ccc(-c2cnc(N)nc2Nc2n[nH]c3c(F)c(F)ccc23)cc1OC. The summed E-state index contributed by atoms with van der Waals surface area (Å²) in [5.41, 5.74) is 7.02. The van der Waals surface area contributed by atoms with Crippen molar-refractivity contribution in [1.82, 2.24) is 20.2 Å². The van der Waals surface area contributed by atoms with Crippen LogP contribution in [-0.4, -0.2) is 34.4 Å². The van der Waals surface area contributed by atoms with Gasteiger partial charge in [-0.3, -0.25) is 5.10 Å². The quantitative estimate of drug-likeness (QED) is 0.471. The normalized spacial score (nSPS) is 10.9. The molecule has 2 heterocycles. The van der Waals surface area contributed by atoms with Crippen molar-refractivity contribution in [3.05, 3.63) is 48.2 Å². The third-order valence-corrected chi connectivity index (χ3v) is 4.37. The molecule has 148 valence electrons. The number of benzene rings is 2. The molecular weight excluding hydrogens is 382 g/mol. The first-order valence-electron chi connectivity index (χ1n) is 8.46. The molecular formula is C19H16F2N6O2. The third-order valence-electron chi connectivity index (χ3n) is 4.37. The largest absolute Gasteiger partial charge is 0.493 e. The lowest BCUT2D eigenvalue weighted by atomic mass is 10.1. The Bertz CT molecular complexity index is 1210. The van der Waals surface area contributed by atoms with Crippen molar-refractivity contribution >= 4 is 28.5 Å². The number of nitrogens with one attached hydrogen (secondary N) is 2. The van der Waals surface area contributed by atoms with E-state index in [1.54, 1.807) is 31.5 Å². The molecule has 0 fully saturated rings. The van der Waals surface area contributed by atoms with Gasteiger partial charge in [0, 0.05) is 17.1 Å². The molecule has 0 saturated carbocycles. The van der Waals surface area contributed by atoms with E-state index in [9.17, 15) is 8.78 Å². The van der Waals surface area contributed by atoms with Gasteiger partial charge in [-0.15, -0.1) is 0 Å². The molecule has 29 heavy (non-hydrogen) atoms. The molecule has 0 spiro atoms. The molecule has 2 aromatic carbocycles. The Balaban J connectivity index is 1.80. The van der Waals surface area contributed by atoms with E-state index >= 15 is 0 Å². The van der Waals surface area contributed by atoms with Crippen molar-refractivity contribution in [3.63, 3.8) is 0 Å². The van der Waals surface area contributed by atoms with Crippen molar-refractivity contribution < 1.29 is 18.3 Å². The van der Waals surface area contributed by atoms with Crippen molar-refractivity contribution in [2.45, 2.75) is 0 Å². The van der Waals surface area contributed by atoms with E-state index in [2.05, 4.69) is 25.5 Å². The summed E-state index contributed by atoms with van der Waals surface area (Å²) in [6.07, 6.45) is 1.54. The fourth-order valence-corrected chi connectivity index (χ4v) is 2.94. The van der Waals surface area contributed by atoms with Gasteiger partial charge in [0.2, 0.25) is 5.95 Å². The molecule has 10 heteroatoms. The van der Waals surface area contributed by atoms with E-state index in [-0.39, 0.29) is 17.3 Å². The van der Waals surface area contributed by atoms with E-state index in [0.717, 1.165) is 11.6 Å². The number of nitrogen functional groups attached to an aromatic ring is 1. The number of hydrogen-bond donors (Lipinski definition) is 3. The van der Waals surface area contributed by atoms with Crippen molar-refractivity contribution in [2.24, 2.45) is 0 Å². The molecule has 0 unspecified atom stereocenters. The van der Waals surface area contributed by atoms with E-state index in [1.807, 2.05) is 0 Å². The standard InChI is InChI=1S/C19H16F2N6O2/c1-28-13-6-3-9(7-14(13)29-2)11-8-23-19(22)25-17(11)24-18-10-4-5-12(20)15(21)16(10)26-27-18/h3-8H,1-2H3,(H4,22,23,24,25,26,27). The highest BCUT2D eigenvalue weighted by Gasteiger charge is 2.17. The Morgan fingerprint density at radius 2 is 1.83 bits per heavy atom. The summed E-state index contributed by atoms with van der Waals surface area (Å²) in [4.78, 5) is 8.28. The van der Waals surface area contributed by atoms with E-state index in [4.69, 9.17) is 15.2 Å². The van der Waals surface area contributed by atoms with Gasteiger partial charge in [0.05, 0.1) is 14.2 Å². The molecule has 0 aliphatic heterocycles. The topological polar surface area (TPSA) is 111 Å². The van der Waals surface area contributed by atoms with Gasteiger partial charge in [-0.2, -0.15) is 10.1 Å². The zero-order chi connectivity index (χ0) is 20.5. The van der Waals surface area contributed by atoms with E-state index < -0.39 is 11.6 Å². The number of H-pyrrole nitrogens is 1. The average molecular weight is 398 g/mol. The monoisotopic (exact) mass is 398 g/mol. The fraction of sp³-hybridized carbons (Fsp3) is 0.105. The predicted octanol–water partition coefficient (Wildman–Crippen LogP) is 3.64. The summed E-state index contributed by atoms with van der Waals surface area (Å²) in [5, 5.41) is 9.89. The zero-order valence-electron chi connectivity index (χ0n) is 15.5. The lowest BCUT2D eigenvalue weighted by Crippen LogP contribution is -2.03. The number of nitrogens with two attached hydrogens (primary N) is 1. The van der Waals surface area contributed by atoms with Crippen LogP contribution >= 0.6 is 0 Å². The highest BCUT2D eigenvalue weighted by Crippen LogP contribution is 2.36. The number of aromatic nitrogens is 4. The van der Waals surface area contributed by atoms with Gasteiger partial charge in [0.1, 0.15) is 11.3 Å². The van der Waals surface area contributed by atoms with Crippen LogP contribution in [0.4, 0.5) is 26.4 Å². The predicted molar refractivity (Wildman–Crippen MR) is 104 cm³/mol. The lowest BCUT2D eigenvalue weighted by molar-refractivity contribution is 0.355. The number of ether oxygens (including phenoxy) is 2. The van der Waals surface area contributed by atoms with Crippen LogP contribution in [0.15, 0.2) is 36.5 Å². The molecule has 0 aliphatic rings. The van der Waals surface area contributed by atoms with E-state index in [0.29, 0.717) is 28.3 Å². The Kier molecular flexibility index (Phi) is 4.59. The summed E-state index contributed by atoms with van der Waals surface area (Å²) in [6.45, 7) is 0. The smallest absolute Gasteiger partial charge is 0.221 e. The molecule has 4 N–H and O–H groups in total. The zero-order valence-corrected chi connectivity index (χ0v) is 15.5. The van der Waals surface area contributed by atoms with Crippen LogP contribution in [0.3, 0.4) is 0 Å². The minimum Gasteiger partial charge on any atom is -0.493 e. The molecule has 8 nitrogen and oxygen atoms in total. The number of nitrogens with zero attached hydrogens (tertiary/aromatic N) is 3. The summed E-state index contributed by atoms with van der Waals surface area (Å²) >= 11 is 0. The summed E-state index contributed by atoms with van der Waals surface area (Å²) < 4.78 is 38.0. The molecule has 0 radical (unpaired) electrons. The first-order valence-corrected chi connectivity index (χ1v) is 8.46. The highest BCUT2D eigenvalue weighted by molar-refractivity contribution is 5.93. The molecule has 0 amide bonds.